The average Bonchev–Trinajstić information content (AvgIpc) is 2.68. The van der Waals surface area contributed by atoms with E-state index in [-0.39, 0.29) is 12.2 Å². The fraction of sp³-hybridized carbons (Fsp3) is 0.800. The van der Waals surface area contributed by atoms with Gasteiger partial charge in [0, 0.05) is 0 Å². The van der Waals surface area contributed by atoms with Gasteiger partial charge >= 0.3 is 0 Å². The Morgan fingerprint density at radius 3 is 1.45 bits per heavy atom. The molecule has 3 heteroatoms. The summed E-state index contributed by atoms with van der Waals surface area (Å²) in [6, 6.07) is 5.81. The van der Waals surface area contributed by atoms with Crippen LogP contribution in [0.1, 0.15) is 111 Å². The molecule has 0 amide bonds. The molecule has 0 aromatic heterocycles. The Morgan fingerprint density at radius 1 is 0.727 bits per heavy atom. The molecular weight excluding hydrogens is 408 g/mol. The van der Waals surface area contributed by atoms with Crippen molar-refractivity contribution in [1.29, 1.82) is 0 Å². The first-order chi connectivity index (χ1) is 15.3. The molecule has 0 bridgehead atoms. The van der Waals surface area contributed by atoms with Crippen LogP contribution in [0.2, 0.25) is 0 Å². The topological polar surface area (TPSA) is 60.7 Å². The molecule has 2 saturated carbocycles. The molecule has 3 rings (SSSR count). The summed E-state index contributed by atoms with van der Waals surface area (Å²) in [6.45, 7) is 19.4. The van der Waals surface area contributed by atoms with E-state index in [0.717, 1.165) is 35.8 Å². The molecule has 3 nitrogen and oxygen atoms in total. The number of benzene rings is 1. The summed E-state index contributed by atoms with van der Waals surface area (Å²) in [5, 5.41) is 28.9. The van der Waals surface area contributed by atoms with Crippen molar-refractivity contribution in [3.63, 3.8) is 0 Å². The van der Waals surface area contributed by atoms with Gasteiger partial charge in [-0.25, -0.2) is 0 Å². The first kappa shape index (κ1) is 30.0. The van der Waals surface area contributed by atoms with Gasteiger partial charge in [-0.3, -0.25) is 0 Å². The summed E-state index contributed by atoms with van der Waals surface area (Å²) in [5.74, 6) is 4.71. The van der Waals surface area contributed by atoms with Crippen LogP contribution in [0.25, 0.3) is 0 Å². The van der Waals surface area contributed by atoms with Crippen molar-refractivity contribution in [2.45, 2.75) is 119 Å². The molecule has 1 aromatic carbocycles. The van der Waals surface area contributed by atoms with Crippen LogP contribution in [0.15, 0.2) is 18.2 Å². The lowest BCUT2D eigenvalue weighted by molar-refractivity contribution is 0.0263. The predicted octanol–water partition coefficient (Wildman–Crippen LogP) is 7.70. The highest BCUT2D eigenvalue weighted by atomic mass is 16.3. The van der Waals surface area contributed by atoms with Crippen molar-refractivity contribution in [3.05, 3.63) is 29.3 Å². The van der Waals surface area contributed by atoms with Crippen molar-refractivity contribution < 1.29 is 15.3 Å². The van der Waals surface area contributed by atoms with Crippen LogP contribution in [-0.2, 0) is 0 Å². The molecule has 1 aromatic rings. The lowest BCUT2D eigenvalue weighted by Gasteiger charge is -2.33. The molecule has 3 N–H and O–H groups in total. The number of hydrogen-bond acceptors (Lipinski definition) is 3. The van der Waals surface area contributed by atoms with Gasteiger partial charge < -0.3 is 15.3 Å². The van der Waals surface area contributed by atoms with Crippen LogP contribution >= 0.6 is 0 Å². The smallest absolute Gasteiger partial charge is 0.119 e. The van der Waals surface area contributed by atoms with Crippen LogP contribution in [-0.4, -0.2) is 27.5 Å². The number of aliphatic hydroxyl groups is 2. The zero-order valence-electron chi connectivity index (χ0n) is 23.0. The van der Waals surface area contributed by atoms with E-state index in [4.69, 9.17) is 0 Å². The standard InChI is InChI=1S/2C10H20O.C10H14O/c3*1-7(2)9-5-4-8(3)6-10(9)11/h2*7-11H,4-6H2,1-3H3;4-7,11H,1-3H3/t8-,9+,10+;8-,9+,10-;/m11./s1. The number of phenolic OH excluding ortho intramolecular Hbond substituents is 1. The fourth-order valence-electron chi connectivity index (χ4n) is 5.45. The number of hydrogen-bond donors (Lipinski definition) is 3. The minimum Gasteiger partial charge on any atom is -0.508 e. The molecule has 6 atom stereocenters. The number of aliphatic hydroxyl groups excluding tert-OH is 2. The molecule has 2 aliphatic rings. The first-order valence-electron chi connectivity index (χ1n) is 13.5. The van der Waals surface area contributed by atoms with E-state index in [1.165, 1.54) is 25.7 Å². The molecule has 33 heavy (non-hydrogen) atoms. The Morgan fingerprint density at radius 2 is 1.15 bits per heavy atom. The summed E-state index contributed by atoms with van der Waals surface area (Å²) in [5.41, 5.74) is 2.13. The van der Waals surface area contributed by atoms with E-state index < -0.39 is 0 Å². The van der Waals surface area contributed by atoms with Gasteiger partial charge in [0.25, 0.3) is 0 Å². The van der Waals surface area contributed by atoms with Gasteiger partial charge in [0.05, 0.1) is 12.2 Å². The molecule has 0 saturated heterocycles. The van der Waals surface area contributed by atoms with Gasteiger partial charge in [-0.2, -0.15) is 0 Å². The molecule has 2 fully saturated rings. The normalized spacial score (nSPS) is 29.9. The summed E-state index contributed by atoms with van der Waals surface area (Å²) < 4.78 is 0. The molecule has 0 spiro atoms. The predicted molar refractivity (Wildman–Crippen MR) is 142 cm³/mol. The molecule has 0 aliphatic heterocycles. The third-order valence-corrected chi connectivity index (χ3v) is 7.78. The zero-order chi connectivity index (χ0) is 25.3. The Bertz CT molecular complexity index is 637. The lowest BCUT2D eigenvalue weighted by atomic mass is 9.75. The monoisotopic (exact) mass is 462 g/mol. The Hall–Kier alpha value is -1.06. The SMILES string of the molecule is CC(C)[C@@H]1CC[C@@H](C)C[C@@H]1O.CC(C)[C@@H]1CC[C@@H](C)C[C@H]1O.Cc1ccc(C(C)C)c(O)c1. The Balaban J connectivity index is 0.000000247. The highest BCUT2D eigenvalue weighted by molar-refractivity contribution is 5.37. The summed E-state index contributed by atoms with van der Waals surface area (Å²) in [6.07, 6.45) is 7.03. The largest absolute Gasteiger partial charge is 0.508 e. The van der Waals surface area contributed by atoms with Crippen molar-refractivity contribution >= 4 is 0 Å². The third-order valence-electron chi connectivity index (χ3n) is 7.78. The quantitative estimate of drug-likeness (QED) is 0.431. The van der Waals surface area contributed by atoms with Crippen LogP contribution in [0, 0.1) is 42.4 Å². The van der Waals surface area contributed by atoms with Gasteiger partial charge in [-0.1, -0.05) is 80.4 Å². The van der Waals surface area contributed by atoms with E-state index in [1.807, 2.05) is 19.1 Å². The van der Waals surface area contributed by atoms with E-state index in [0.29, 0.717) is 35.3 Å². The maximum absolute atomic E-state index is 9.71. The highest BCUT2D eigenvalue weighted by Crippen LogP contribution is 2.34. The van der Waals surface area contributed by atoms with Gasteiger partial charge in [0.1, 0.15) is 5.75 Å². The molecular formula is C30H54O3. The molecule has 192 valence electrons. The molecule has 0 heterocycles. The third kappa shape index (κ3) is 10.4. The number of rotatable bonds is 3. The van der Waals surface area contributed by atoms with Crippen molar-refractivity contribution in [2.75, 3.05) is 0 Å². The van der Waals surface area contributed by atoms with Gasteiger partial charge in [0.2, 0.25) is 0 Å². The molecule has 2 aliphatic carbocycles. The van der Waals surface area contributed by atoms with Gasteiger partial charge in [-0.05, 0) is 91.2 Å². The highest BCUT2D eigenvalue weighted by Gasteiger charge is 2.29. The van der Waals surface area contributed by atoms with Crippen molar-refractivity contribution in [3.8, 4) is 5.75 Å². The Labute approximate surface area is 205 Å². The van der Waals surface area contributed by atoms with E-state index in [1.54, 1.807) is 6.07 Å². The summed E-state index contributed by atoms with van der Waals surface area (Å²) >= 11 is 0. The van der Waals surface area contributed by atoms with Gasteiger partial charge in [0.15, 0.2) is 0 Å². The fourth-order valence-corrected chi connectivity index (χ4v) is 5.45. The van der Waals surface area contributed by atoms with Crippen LogP contribution in [0.5, 0.6) is 5.75 Å². The van der Waals surface area contributed by atoms with Gasteiger partial charge in [-0.15, -0.1) is 0 Å². The van der Waals surface area contributed by atoms with E-state index in [9.17, 15) is 15.3 Å². The number of aryl methyl sites for hydroxylation is 1. The Kier molecular flexibility index (Phi) is 13.0. The van der Waals surface area contributed by atoms with Crippen molar-refractivity contribution in [2.24, 2.45) is 35.5 Å². The molecule has 0 unspecified atom stereocenters. The second-order valence-corrected chi connectivity index (χ2v) is 12.0. The van der Waals surface area contributed by atoms with Crippen LogP contribution in [0.4, 0.5) is 0 Å². The second-order valence-electron chi connectivity index (χ2n) is 12.0. The van der Waals surface area contributed by atoms with Crippen LogP contribution < -0.4 is 0 Å². The average molecular weight is 463 g/mol. The maximum atomic E-state index is 9.71. The van der Waals surface area contributed by atoms with Crippen molar-refractivity contribution in [1.82, 2.24) is 0 Å². The maximum Gasteiger partial charge on any atom is 0.119 e. The summed E-state index contributed by atoms with van der Waals surface area (Å²) in [4.78, 5) is 0. The molecule has 0 radical (unpaired) electrons. The first-order valence-corrected chi connectivity index (χ1v) is 13.5. The van der Waals surface area contributed by atoms with E-state index in [2.05, 4.69) is 55.4 Å². The number of phenols is 1. The lowest BCUT2D eigenvalue weighted by Crippen LogP contribution is -2.31. The van der Waals surface area contributed by atoms with E-state index >= 15 is 0 Å². The minimum atomic E-state index is -0.0289. The van der Waals surface area contributed by atoms with Crippen LogP contribution in [0.3, 0.4) is 0 Å². The second kappa shape index (κ2) is 14.4. The summed E-state index contributed by atoms with van der Waals surface area (Å²) in [7, 11) is 0. The minimum absolute atomic E-state index is 0.0289. The zero-order valence-corrected chi connectivity index (χ0v) is 23.0. The number of aromatic hydroxyl groups is 1.